The van der Waals surface area contributed by atoms with Gasteiger partial charge in [0.2, 0.25) is 5.88 Å². The summed E-state index contributed by atoms with van der Waals surface area (Å²) in [6.45, 7) is 6.04. The van der Waals surface area contributed by atoms with Crippen LogP contribution in [0.1, 0.15) is 42.1 Å². The maximum Gasteiger partial charge on any atom is 0.433 e. The zero-order chi connectivity index (χ0) is 21.0. The molecular formula is C22H21F3N2OS. The number of aryl methyl sites for hydroxylation is 1. The van der Waals surface area contributed by atoms with Crippen LogP contribution in [0.5, 0.6) is 11.6 Å². The van der Waals surface area contributed by atoms with E-state index in [1.54, 1.807) is 12.1 Å². The summed E-state index contributed by atoms with van der Waals surface area (Å²) in [5, 5.41) is 0.0235. The van der Waals surface area contributed by atoms with Crippen molar-refractivity contribution < 1.29 is 17.9 Å². The lowest BCUT2D eigenvalue weighted by atomic mass is 10.0. The van der Waals surface area contributed by atoms with E-state index in [-0.39, 0.29) is 17.0 Å². The number of alkyl halides is 3. The Morgan fingerprint density at radius 2 is 1.72 bits per heavy atom. The normalized spacial score (nSPS) is 11.7. The lowest BCUT2D eigenvalue weighted by molar-refractivity contribution is -0.141. The number of ether oxygens (including phenoxy) is 1. The van der Waals surface area contributed by atoms with Gasteiger partial charge in [-0.15, -0.1) is 0 Å². The number of aromatic nitrogens is 2. The molecule has 0 aliphatic rings. The molecule has 3 aromatic rings. The van der Waals surface area contributed by atoms with Crippen LogP contribution in [0, 0.1) is 6.92 Å². The van der Waals surface area contributed by atoms with Crippen molar-refractivity contribution in [3.63, 3.8) is 0 Å². The summed E-state index contributed by atoms with van der Waals surface area (Å²) in [6, 6.07) is 15.9. The second-order valence-corrected chi connectivity index (χ2v) is 7.92. The van der Waals surface area contributed by atoms with E-state index in [4.69, 9.17) is 4.74 Å². The van der Waals surface area contributed by atoms with E-state index in [2.05, 4.69) is 9.97 Å². The first-order chi connectivity index (χ1) is 13.7. The first-order valence-electron chi connectivity index (χ1n) is 9.13. The molecule has 0 fully saturated rings. The smallest absolute Gasteiger partial charge is 0.433 e. The fourth-order valence-electron chi connectivity index (χ4n) is 2.56. The highest BCUT2D eigenvalue weighted by Crippen LogP contribution is 2.33. The average molecular weight is 418 g/mol. The lowest BCUT2D eigenvalue weighted by Gasteiger charge is -2.12. The summed E-state index contributed by atoms with van der Waals surface area (Å²) in [7, 11) is 0. The van der Waals surface area contributed by atoms with Crippen molar-refractivity contribution in [3.8, 4) is 11.6 Å². The van der Waals surface area contributed by atoms with Crippen molar-refractivity contribution in [2.45, 2.75) is 43.8 Å². The number of hydrogen-bond donors (Lipinski definition) is 0. The SMILES string of the molecule is Cc1ccc(CSc2nc(Oc3cccc(C(C)C)c3)cc(C(F)(F)F)n2)cc1. The van der Waals surface area contributed by atoms with Gasteiger partial charge in [-0.1, -0.05) is 67.6 Å². The Morgan fingerprint density at radius 1 is 1.00 bits per heavy atom. The predicted octanol–water partition coefficient (Wildman–Crippen LogP) is 7.01. The number of thioether (sulfide) groups is 1. The minimum atomic E-state index is -4.58. The largest absolute Gasteiger partial charge is 0.439 e. The van der Waals surface area contributed by atoms with Gasteiger partial charge in [-0.05, 0) is 36.1 Å². The molecule has 2 aromatic carbocycles. The maximum absolute atomic E-state index is 13.3. The second-order valence-electron chi connectivity index (χ2n) is 6.98. The molecule has 0 spiro atoms. The highest BCUT2D eigenvalue weighted by molar-refractivity contribution is 7.98. The van der Waals surface area contributed by atoms with E-state index >= 15 is 0 Å². The van der Waals surface area contributed by atoms with Crippen molar-refractivity contribution >= 4 is 11.8 Å². The maximum atomic E-state index is 13.3. The zero-order valence-corrected chi connectivity index (χ0v) is 17.1. The molecule has 29 heavy (non-hydrogen) atoms. The molecule has 0 unspecified atom stereocenters. The number of halogens is 3. The van der Waals surface area contributed by atoms with Crippen LogP contribution in [0.3, 0.4) is 0 Å². The molecule has 3 nitrogen and oxygen atoms in total. The fraction of sp³-hybridized carbons (Fsp3) is 0.273. The van der Waals surface area contributed by atoms with Crippen molar-refractivity contribution in [2.24, 2.45) is 0 Å². The summed E-state index contributed by atoms with van der Waals surface area (Å²) < 4.78 is 45.6. The lowest BCUT2D eigenvalue weighted by Crippen LogP contribution is -2.10. The molecule has 7 heteroatoms. The van der Waals surface area contributed by atoms with E-state index in [9.17, 15) is 13.2 Å². The second kappa shape index (κ2) is 8.86. The number of hydrogen-bond acceptors (Lipinski definition) is 4. The van der Waals surface area contributed by atoms with Gasteiger partial charge in [0.1, 0.15) is 5.75 Å². The Hall–Kier alpha value is -2.54. The molecule has 3 rings (SSSR count). The van der Waals surface area contributed by atoms with E-state index < -0.39 is 11.9 Å². The fourth-order valence-corrected chi connectivity index (χ4v) is 3.36. The van der Waals surface area contributed by atoms with Gasteiger partial charge < -0.3 is 4.74 Å². The summed E-state index contributed by atoms with van der Waals surface area (Å²) in [4.78, 5) is 7.85. The van der Waals surface area contributed by atoms with E-state index in [1.807, 2.05) is 57.2 Å². The van der Waals surface area contributed by atoms with Gasteiger partial charge in [0.25, 0.3) is 0 Å². The summed E-state index contributed by atoms with van der Waals surface area (Å²) in [5.41, 5.74) is 2.11. The molecule has 0 aliphatic heterocycles. The summed E-state index contributed by atoms with van der Waals surface area (Å²) in [5.74, 6) is 1.05. The number of nitrogens with zero attached hydrogens (tertiary/aromatic N) is 2. The Morgan fingerprint density at radius 3 is 2.38 bits per heavy atom. The van der Waals surface area contributed by atoms with E-state index in [0.29, 0.717) is 11.5 Å². The third-order valence-electron chi connectivity index (χ3n) is 4.21. The van der Waals surface area contributed by atoms with Crippen LogP contribution in [-0.2, 0) is 11.9 Å². The van der Waals surface area contributed by atoms with Crippen LogP contribution in [0.25, 0.3) is 0 Å². The van der Waals surface area contributed by atoms with Crippen LogP contribution in [0.2, 0.25) is 0 Å². The van der Waals surface area contributed by atoms with Gasteiger partial charge >= 0.3 is 6.18 Å². The van der Waals surface area contributed by atoms with Crippen LogP contribution in [0.15, 0.2) is 59.8 Å². The topological polar surface area (TPSA) is 35.0 Å². The van der Waals surface area contributed by atoms with Gasteiger partial charge in [0.15, 0.2) is 10.9 Å². The van der Waals surface area contributed by atoms with Crippen molar-refractivity contribution in [1.29, 1.82) is 0 Å². The van der Waals surface area contributed by atoms with Gasteiger partial charge in [0.05, 0.1) is 0 Å². The van der Waals surface area contributed by atoms with Crippen molar-refractivity contribution in [3.05, 3.63) is 77.0 Å². The van der Waals surface area contributed by atoms with Crippen LogP contribution < -0.4 is 4.74 Å². The van der Waals surface area contributed by atoms with E-state index in [0.717, 1.165) is 34.5 Å². The third kappa shape index (κ3) is 5.97. The molecule has 0 saturated heterocycles. The molecule has 0 atom stereocenters. The third-order valence-corrected chi connectivity index (χ3v) is 5.13. The Labute approximate surface area is 172 Å². The van der Waals surface area contributed by atoms with Gasteiger partial charge in [0, 0.05) is 11.8 Å². The highest BCUT2D eigenvalue weighted by Gasteiger charge is 2.34. The molecule has 0 aliphatic carbocycles. The quantitative estimate of drug-likeness (QED) is 0.318. The molecule has 1 heterocycles. The van der Waals surface area contributed by atoms with Crippen molar-refractivity contribution in [1.82, 2.24) is 9.97 Å². The summed E-state index contributed by atoms with van der Waals surface area (Å²) in [6.07, 6.45) is -4.58. The van der Waals surface area contributed by atoms with Gasteiger partial charge in [-0.25, -0.2) is 4.98 Å². The average Bonchev–Trinajstić information content (AvgIpc) is 2.67. The van der Waals surface area contributed by atoms with Crippen molar-refractivity contribution in [2.75, 3.05) is 0 Å². The summed E-state index contributed by atoms with van der Waals surface area (Å²) >= 11 is 1.14. The molecular weight excluding hydrogens is 397 g/mol. The minimum Gasteiger partial charge on any atom is -0.439 e. The highest BCUT2D eigenvalue weighted by atomic mass is 32.2. The number of benzene rings is 2. The Kier molecular flexibility index (Phi) is 6.47. The predicted molar refractivity (Wildman–Crippen MR) is 108 cm³/mol. The molecule has 1 aromatic heterocycles. The van der Waals surface area contributed by atoms with E-state index in [1.165, 1.54) is 0 Å². The zero-order valence-electron chi connectivity index (χ0n) is 16.3. The monoisotopic (exact) mass is 418 g/mol. The first-order valence-corrected chi connectivity index (χ1v) is 10.1. The molecule has 0 radical (unpaired) electrons. The first kappa shape index (κ1) is 21.2. The Bertz CT molecular complexity index is 973. The van der Waals surface area contributed by atoms with Crippen LogP contribution in [-0.4, -0.2) is 9.97 Å². The standard InChI is InChI=1S/C22H21F3N2OS/c1-14(2)17-5-4-6-18(11-17)28-20-12-19(22(23,24)25)26-21(27-20)29-13-16-9-7-15(3)8-10-16/h4-12,14H,13H2,1-3H3. The number of rotatable bonds is 6. The minimum absolute atomic E-state index is 0.0235. The molecule has 152 valence electrons. The Balaban J connectivity index is 1.85. The molecule has 0 saturated carbocycles. The van der Waals surface area contributed by atoms with Gasteiger partial charge in [-0.3, -0.25) is 0 Å². The van der Waals surface area contributed by atoms with Crippen LogP contribution in [0.4, 0.5) is 13.2 Å². The molecule has 0 N–H and O–H groups in total. The molecule has 0 bridgehead atoms. The molecule has 0 amide bonds. The van der Waals surface area contributed by atoms with Gasteiger partial charge in [-0.2, -0.15) is 18.2 Å². The van der Waals surface area contributed by atoms with Crippen LogP contribution >= 0.6 is 11.8 Å².